The summed E-state index contributed by atoms with van der Waals surface area (Å²) in [5.41, 5.74) is 3.45. The van der Waals surface area contributed by atoms with Crippen LogP contribution in [0.4, 0.5) is 11.4 Å². The minimum Gasteiger partial charge on any atom is -0.343 e. The van der Waals surface area contributed by atoms with Gasteiger partial charge in [-0.3, -0.25) is 14.3 Å². The Kier molecular flexibility index (Phi) is 7.40. The third kappa shape index (κ3) is 6.34. The number of benzene rings is 3. The highest BCUT2D eigenvalue weighted by atomic mass is 35.5. The van der Waals surface area contributed by atoms with Crippen molar-refractivity contribution >= 4 is 44.8 Å². The topological polar surface area (TPSA) is 104 Å². The molecule has 0 atom stereocenters. The van der Waals surface area contributed by atoms with Crippen molar-refractivity contribution in [1.29, 1.82) is 0 Å². The van der Waals surface area contributed by atoms with Crippen molar-refractivity contribution in [2.75, 3.05) is 16.6 Å². The Morgan fingerprint density at radius 3 is 2.33 bits per heavy atom. The van der Waals surface area contributed by atoms with Crippen molar-refractivity contribution in [3.8, 4) is 0 Å². The Morgan fingerprint density at radius 2 is 1.64 bits per heavy atom. The first kappa shape index (κ1) is 24.3. The molecule has 0 spiro atoms. The van der Waals surface area contributed by atoms with Gasteiger partial charge in [-0.1, -0.05) is 35.9 Å². The van der Waals surface area contributed by atoms with E-state index in [2.05, 4.69) is 15.4 Å². The first-order chi connectivity index (χ1) is 15.5. The summed E-state index contributed by atoms with van der Waals surface area (Å²) in [5, 5.41) is 5.55. The van der Waals surface area contributed by atoms with Crippen LogP contribution in [0.3, 0.4) is 0 Å². The average molecular weight is 486 g/mol. The monoisotopic (exact) mass is 485 g/mol. The number of anilines is 2. The normalized spacial score (nSPS) is 11.0. The molecule has 0 aliphatic rings. The lowest BCUT2D eigenvalue weighted by Crippen LogP contribution is -2.33. The van der Waals surface area contributed by atoms with E-state index in [0.717, 1.165) is 11.1 Å². The van der Waals surface area contributed by atoms with Crippen LogP contribution in [-0.2, 0) is 14.8 Å². The Balaban J connectivity index is 1.70. The summed E-state index contributed by atoms with van der Waals surface area (Å²) in [6.45, 7) is 5.12. The molecule has 7 nitrogen and oxygen atoms in total. The fourth-order valence-corrected chi connectivity index (χ4v) is 4.46. The molecule has 3 aromatic carbocycles. The number of halogens is 1. The van der Waals surface area contributed by atoms with Crippen molar-refractivity contribution in [3.63, 3.8) is 0 Å². The maximum atomic E-state index is 12.8. The van der Waals surface area contributed by atoms with Crippen molar-refractivity contribution in [2.24, 2.45) is 0 Å². The molecule has 3 N–H and O–H groups in total. The molecular formula is C24H24ClN3O4S. The fourth-order valence-electron chi connectivity index (χ4n) is 3.11. The third-order valence-electron chi connectivity index (χ3n) is 4.84. The Morgan fingerprint density at radius 1 is 0.909 bits per heavy atom. The molecular weight excluding hydrogens is 462 g/mol. The van der Waals surface area contributed by atoms with Crippen LogP contribution in [0.5, 0.6) is 0 Å². The maximum Gasteiger partial charge on any atom is 0.261 e. The summed E-state index contributed by atoms with van der Waals surface area (Å²) in [6.07, 6.45) is 0. The number of sulfonamides is 1. The lowest BCUT2D eigenvalue weighted by molar-refractivity contribution is -0.115. The number of amides is 2. The molecule has 0 unspecified atom stereocenters. The van der Waals surface area contributed by atoms with Crippen LogP contribution in [0.1, 0.15) is 27.0 Å². The third-order valence-corrected chi connectivity index (χ3v) is 6.53. The first-order valence-electron chi connectivity index (χ1n) is 10.1. The van der Waals surface area contributed by atoms with Gasteiger partial charge < -0.3 is 10.6 Å². The van der Waals surface area contributed by atoms with Crippen LogP contribution < -0.4 is 15.4 Å². The second-order valence-corrected chi connectivity index (χ2v) is 9.76. The number of carbonyl (C=O) groups excluding carboxylic acids is 2. The quantitative estimate of drug-likeness (QED) is 0.460. The Hall–Kier alpha value is -3.36. The number of hydrogen-bond donors (Lipinski definition) is 3. The smallest absolute Gasteiger partial charge is 0.261 e. The molecule has 33 heavy (non-hydrogen) atoms. The molecule has 0 heterocycles. The van der Waals surface area contributed by atoms with E-state index in [1.807, 2.05) is 19.9 Å². The van der Waals surface area contributed by atoms with Crippen LogP contribution in [-0.4, -0.2) is 26.8 Å². The molecule has 172 valence electrons. The van der Waals surface area contributed by atoms with Gasteiger partial charge >= 0.3 is 0 Å². The molecule has 3 rings (SSSR count). The number of aryl methyl sites for hydroxylation is 3. The summed E-state index contributed by atoms with van der Waals surface area (Å²) in [7, 11) is -3.91. The van der Waals surface area contributed by atoms with Crippen LogP contribution in [0.2, 0.25) is 5.02 Å². The molecule has 0 aromatic heterocycles. The predicted octanol–water partition coefficient (Wildman–Crippen LogP) is 4.43. The summed E-state index contributed by atoms with van der Waals surface area (Å²) < 4.78 is 28.1. The van der Waals surface area contributed by atoms with E-state index in [9.17, 15) is 18.0 Å². The number of rotatable bonds is 7. The lowest BCUT2D eigenvalue weighted by atomic mass is 10.1. The average Bonchev–Trinajstić information content (AvgIpc) is 2.74. The van der Waals surface area contributed by atoms with E-state index in [-0.39, 0.29) is 17.0 Å². The van der Waals surface area contributed by atoms with Crippen molar-refractivity contribution < 1.29 is 18.0 Å². The molecule has 9 heteroatoms. The van der Waals surface area contributed by atoms with Gasteiger partial charge in [-0.2, -0.15) is 0 Å². The van der Waals surface area contributed by atoms with E-state index >= 15 is 0 Å². The van der Waals surface area contributed by atoms with Gasteiger partial charge in [-0.05, 0) is 73.9 Å². The number of nitrogens with one attached hydrogen (secondary N) is 3. The van der Waals surface area contributed by atoms with Crippen LogP contribution in [0, 0.1) is 20.8 Å². The Labute approximate surface area is 198 Å². The highest BCUT2D eigenvalue weighted by molar-refractivity contribution is 7.92. The SMILES string of the molecule is Cc1cccc(NS(=O)(=O)c2ccc(C)c(C(=O)NCC(=O)Nc3ccc(C)cc3Cl)c2)c1. The zero-order valence-corrected chi connectivity index (χ0v) is 20.0. The van der Waals surface area contributed by atoms with Gasteiger partial charge in [0.1, 0.15) is 0 Å². The molecule has 0 aliphatic carbocycles. The predicted molar refractivity (Wildman–Crippen MR) is 130 cm³/mol. The van der Waals surface area contributed by atoms with Crippen molar-refractivity contribution in [3.05, 3.63) is 87.9 Å². The molecule has 3 aromatic rings. The van der Waals surface area contributed by atoms with Gasteiger partial charge in [-0.15, -0.1) is 0 Å². The van der Waals surface area contributed by atoms with Gasteiger partial charge in [0.25, 0.3) is 15.9 Å². The molecule has 0 saturated carbocycles. The van der Waals surface area contributed by atoms with Gasteiger partial charge in [0.15, 0.2) is 0 Å². The molecule has 2 amide bonds. The van der Waals surface area contributed by atoms with Gasteiger partial charge in [0, 0.05) is 11.3 Å². The summed E-state index contributed by atoms with van der Waals surface area (Å²) in [5.74, 6) is -1.03. The second kappa shape index (κ2) is 10.1. The zero-order valence-electron chi connectivity index (χ0n) is 18.4. The van der Waals surface area contributed by atoms with E-state index in [1.54, 1.807) is 49.4 Å². The fraction of sp³-hybridized carbons (Fsp3) is 0.167. The minimum atomic E-state index is -3.91. The maximum absolute atomic E-state index is 12.8. The molecule has 0 saturated heterocycles. The highest BCUT2D eigenvalue weighted by Crippen LogP contribution is 2.23. The van der Waals surface area contributed by atoms with Crippen LogP contribution in [0.15, 0.2) is 65.6 Å². The summed E-state index contributed by atoms with van der Waals surface area (Å²) >= 11 is 6.11. The number of hydrogen-bond acceptors (Lipinski definition) is 4. The van der Waals surface area contributed by atoms with E-state index in [4.69, 9.17) is 11.6 Å². The van der Waals surface area contributed by atoms with Crippen molar-refractivity contribution in [1.82, 2.24) is 5.32 Å². The number of carbonyl (C=O) groups is 2. The van der Waals surface area contributed by atoms with Gasteiger partial charge in [-0.25, -0.2) is 8.42 Å². The molecule has 0 radical (unpaired) electrons. The summed E-state index contributed by atoms with van der Waals surface area (Å²) in [4.78, 5) is 24.9. The second-order valence-electron chi connectivity index (χ2n) is 7.67. The highest BCUT2D eigenvalue weighted by Gasteiger charge is 2.19. The van der Waals surface area contributed by atoms with Crippen molar-refractivity contribution in [2.45, 2.75) is 25.7 Å². The van der Waals surface area contributed by atoms with Crippen LogP contribution >= 0.6 is 11.6 Å². The van der Waals surface area contributed by atoms with Crippen LogP contribution in [0.25, 0.3) is 0 Å². The van der Waals surface area contributed by atoms with E-state index in [1.165, 1.54) is 12.1 Å². The molecule has 0 aliphatic heterocycles. The van der Waals surface area contributed by atoms with E-state index in [0.29, 0.717) is 22.0 Å². The standard InChI is InChI=1S/C24H24ClN3O4S/c1-15-5-4-6-18(11-15)28-33(31,32)19-9-8-17(3)20(13-19)24(30)26-14-23(29)27-22-10-7-16(2)12-21(22)25/h4-13,28H,14H2,1-3H3,(H,26,30)(H,27,29). The first-order valence-corrected chi connectivity index (χ1v) is 12.0. The zero-order chi connectivity index (χ0) is 24.2. The molecule has 0 bridgehead atoms. The van der Waals surface area contributed by atoms with Gasteiger partial charge in [0.2, 0.25) is 5.91 Å². The van der Waals surface area contributed by atoms with E-state index < -0.39 is 21.8 Å². The largest absolute Gasteiger partial charge is 0.343 e. The summed E-state index contributed by atoms with van der Waals surface area (Å²) in [6, 6.07) is 16.4. The Bertz CT molecular complexity index is 1320. The molecule has 0 fully saturated rings. The minimum absolute atomic E-state index is 0.0596. The lowest BCUT2D eigenvalue weighted by Gasteiger charge is -2.12. The van der Waals surface area contributed by atoms with Gasteiger partial charge in [0.05, 0.1) is 22.2 Å².